The van der Waals surface area contributed by atoms with E-state index in [1.165, 1.54) is 42.9 Å². The van der Waals surface area contributed by atoms with Crippen LogP contribution in [0.4, 0.5) is 24.8 Å². The highest BCUT2D eigenvalue weighted by Gasteiger charge is 2.32. The molecule has 0 aliphatic heterocycles. The minimum atomic E-state index is -4.71. The highest BCUT2D eigenvalue weighted by atomic mass is 32.2. The van der Waals surface area contributed by atoms with E-state index >= 15 is 0 Å². The molecule has 0 saturated carbocycles. The molecule has 1 amide bonds. The topological polar surface area (TPSA) is 119 Å². The Labute approximate surface area is 238 Å². The van der Waals surface area contributed by atoms with Gasteiger partial charge in [0.05, 0.1) is 16.2 Å². The number of hydrogen-bond donors (Lipinski definition) is 2. The van der Waals surface area contributed by atoms with Crippen LogP contribution in [0.1, 0.15) is 11.1 Å². The number of carbonyl (C=O) groups is 1. The van der Waals surface area contributed by atoms with Crippen LogP contribution in [0.5, 0.6) is 0 Å². The minimum Gasteiger partial charge on any atom is -0.357 e. The van der Waals surface area contributed by atoms with E-state index < -0.39 is 27.7 Å². The average molecular weight is 593 g/mol. The summed E-state index contributed by atoms with van der Waals surface area (Å²) in [7, 11) is -2.50. The molecule has 42 heavy (non-hydrogen) atoms. The van der Waals surface area contributed by atoms with Crippen LogP contribution in [0, 0.1) is 6.92 Å². The number of aryl methyl sites for hydroxylation is 1. The van der Waals surface area contributed by atoms with E-state index in [1.54, 1.807) is 25.2 Å². The Hall–Kier alpha value is -5.04. The summed E-state index contributed by atoms with van der Waals surface area (Å²) < 4.78 is 69.8. The highest BCUT2D eigenvalue weighted by molar-refractivity contribution is 7.90. The van der Waals surface area contributed by atoms with Crippen LogP contribution in [0.25, 0.3) is 33.4 Å². The van der Waals surface area contributed by atoms with Crippen molar-refractivity contribution in [1.29, 1.82) is 0 Å². The number of aromatic nitrogens is 4. The Morgan fingerprint density at radius 2 is 1.76 bits per heavy atom. The van der Waals surface area contributed by atoms with Crippen LogP contribution in [-0.4, -0.2) is 40.3 Å². The van der Waals surface area contributed by atoms with Gasteiger partial charge in [0, 0.05) is 47.8 Å². The van der Waals surface area contributed by atoms with E-state index in [-0.39, 0.29) is 33.3 Å². The van der Waals surface area contributed by atoms with Crippen LogP contribution >= 0.6 is 0 Å². The molecule has 0 bridgehead atoms. The molecule has 0 saturated heterocycles. The number of rotatable bonds is 7. The summed E-state index contributed by atoms with van der Waals surface area (Å²) in [6, 6.07) is 12.5. The summed E-state index contributed by atoms with van der Waals surface area (Å²) in [4.78, 5) is 24.8. The first-order valence-electron chi connectivity index (χ1n) is 12.4. The van der Waals surface area contributed by atoms with Gasteiger partial charge in [0.1, 0.15) is 0 Å². The summed E-state index contributed by atoms with van der Waals surface area (Å²) in [5, 5.41) is 5.51. The van der Waals surface area contributed by atoms with Gasteiger partial charge in [0.15, 0.2) is 5.65 Å². The summed E-state index contributed by atoms with van der Waals surface area (Å²) >= 11 is 0. The first-order valence-corrected chi connectivity index (χ1v) is 13.9. The first kappa shape index (κ1) is 28.5. The summed E-state index contributed by atoms with van der Waals surface area (Å²) in [6.07, 6.45) is 0.381. The Kier molecular flexibility index (Phi) is 7.29. The molecule has 0 spiro atoms. The number of amides is 1. The van der Waals surface area contributed by atoms with Crippen molar-refractivity contribution >= 4 is 38.6 Å². The second kappa shape index (κ2) is 10.7. The van der Waals surface area contributed by atoms with E-state index in [1.807, 2.05) is 6.92 Å². The molecule has 5 rings (SSSR count). The van der Waals surface area contributed by atoms with Crippen LogP contribution in [0.15, 0.2) is 90.7 Å². The third kappa shape index (κ3) is 5.46. The van der Waals surface area contributed by atoms with Gasteiger partial charge in [-0.15, -0.1) is 0 Å². The predicted molar refractivity (Wildman–Crippen MR) is 153 cm³/mol. The molecule has 0 aliphatic rings. The van der Waals surface area contributed by atoms with Crippen molar-refractivity contribution in [2.75, 3.05) is 17.7 Å². The number of nitrogens with zero attached hydrogens (tertiary/aromatic N) is 4. The van der Waals surface area contributed by atoms with Gasteiger partial charge in [0.25, 0.3) is 10.0 Å². The van der Waals surface area contributed by atoms with Gasteiger partial charge in [-0.25, -0.2) is 27.3 Å². The molecule has 214 valence electrons. The molecule has 3 heterocycles. The van der Waals surface area contributed by atoms with Gasteiger partial charge in [-0.2, -0.15) is 13.2 Å². The molecule has 9 nitrogen and oxygen atoms in total. The fraction of sp³-hybridized carbons (Fsp3) is 0.103. The number of hydrogen-bond acceptors (Lipinski definition) is 7. The fourth-order valence-electron chi connectivity index (χ4n) is 4.30. The molecule has 0 atom stereocenters. The maximum atomic E-state index is 13.8. The lowest BCUT2D eigenvalue weighted by Crippen LogP contribution is -2.12. The number of pyridine rings is 1. The van der Waals surface area contributed by atoms with Crippen molar-refractivity contribution in [1.82, 2.24) is 18.9 Å². The lowest BCUT2D eigenvalue weighted by molar-refractivity contribution is -0.137. The van der Waals surface area contributed by atoms with Crippen molar-refractivity contribution < 1.29 is 26.4 Å². The second-order valence-corrected chi connectivity index (χ2v) is 11.1. The number of carbonyl (C=O) groups excluding carboxylic acids is 1. The van der Waals surface area contributed by atoms with Crippen LogP contribution < -0.4 is 10.6 Å². The molecule has 5 aromatic rings. The molecule has 2 aromatic carbocycles. The highest BCUT2D eigenvalue weighted by Crippen LogP contribution is 2.38. The van der Waals surface area contributed by atoms with Gasteiger partial charge in [0.2, 0.25) is 11.9 Å². The quantitative estimate of drug-likeness (QED) is 0.226. The van der Waals surface area contributed by atoms with Crippen molar-refractivity contribution in [3.8, 4) is 22.4 Å². The number of alkyl halides is 3. The zero-order valence-corrected chi connectivity index (χ0v) is 23.1. The van der Waals surface area contributed by atoms with Gasteiger partial charge < -0.3 is 10.6 Å². The number of benzene rings is 2. The largest absolute Gasteiger partial charge is 0.416 e. The predicted octanol–water partition coefficient (Wildman–Crippen LogP) is 5.89. The van der Waals surface area contributed by atoms with Crippen LogP contribution in [0.3, 0.4) is 0 Å². The maximum absolute atomic E-state index is 13.8. The number of halogens is 3. The Morgan fingerprint density at radius 1 is 1.02 bits per heavy atom. The standard InChI is InChI=1S/C29H23F3N6O3S/c1-4-26(39)36-21-12-18(11-20(14-21)29(30,31)32)19-13-23-24(25-9-10-34-28(33-3)37-25)16-38(27(23)35-15-19)42(40,41)22-7-5-17(2)6-8-22/h4-16H,1H2,2-3H3,(H,36,39)(H,33,34,37). The lowest BCUT2D eigenvalue weighted by Gasteiger charge is -2.13. The normalized spacial score (nSPS) is 11.8. The minimum absolute atomic E-state index is 0.0292. The Balaban J connectivity index is 1.76. The number of fused-ring (bicyclic) bond motifs is 1. The summed E-state index contributed by atoms with van der Waals surface area (Å²) in [6.45, 7) is 5.16. The monoisotopic (exact) mass is 592 g/mol. The van der Waals surface area contributed by atoms with Crippen molar-refractivity contribution in [2.24, 2.45) is 0 Å². The van der Waals surface area contributed by atoms with Crippen molar-refractivity contribution in [2.45, 2.75) is 18.0 Å². The van der Waals surface area contributed by atoms with Gasteiger partial charge in [-0.05, 0) is 61.0 Å². The number of anilines is 2. The smallest absolute Gasteiger partial charge is 0.357 e. The van der Waals surface area contributed by atoms with Crippen molar-refractivity contribution in [3.05, 3.63) is 97.0 Å². The van der Waals surface area contributed by atoms with E-state index in [0.717, 1.165) is 27.7 Å². The van der Waals surface area contributed by atoms with Crippen LogP contribution in [0.2, 0.25) is 0 Å². The molecule has 13 heteroatoms. The molecule has 0 radical (unpaired) electrons. The van der Waals surface area contributed by atoms with E-state index in [0.29, 0.717) is 16.6 Å². The third-order valence-electron chi connectivity index (χ3n) is 6.39. The average Bonchev–Trinajstić information content (AvgIpc) is 3.36. The summed E-state index contributed by atoms with van der Waals surface area (Å²) in [5.41, 5.74) is 0.897. The molecule has 3 aromatic heterocycles. The zero-order valence-electron chi connectivity index (χ0n) is 22.3. The molecular formula is C29H23F3N6O3S. The molecule has 0 aliphatic carbocycles. The van der Waals surface area contributed by atoms with E-state index in [4.69, 9.17) is 0 Å². The Morgan fingerprint density at radius 3 is 2.43 bits per heavy atom. The van der Waals surface area contributed by atoms with Gasteiger partial charge >= 0.3 is 6.18 Å². The molecule has 0 unspecified atom stereocenters. The molecule has 2 N–H and O–H groups in total. The SMILES string of the molecule is C=CC(=O)Nc1cc(-c2cnc3c(c2)c(-c2ccnc(NC)n2)cn3S(=O)(=O)c2ccc(C)cc2)cc(C(F)(F)F)c1. The maximum Gasteiger partial charge on any atom is 0.416 e. The lowest BCUT2D eigenvalue weighted by atomic mass is 10.0. The van der Waals surface area contributed by atoms with Gasteiger partial charge in [-0.1, -0.05) is 24.3 Å². The fourth-order valence-corrected chi connectivity index (χ4v) is 5.63. The number of nitrogens with one attached hydrogen (secondary N) is 2. The van der Waals surface area contributed by atoms with Crippen LogP contribution in [-0.2, 0) is 21.0 Å². The Bertz CT molecular complexity index is 1950. The van der Waals surface area contributed by atoms with Gasteiger partial charge in [-0.3, -0.25) is 4.79 Å². The zero-order chi connectivity index (χ0) is 30.2. The van der Waals surface area contributed by atoms with E-state index in [9.17, 15) is 26.4 Å². The molecular weight excluding hydrogens is 569 g/mol. The first-order chi connectivity index (χ1) is 19.9. The molecule has 0 fully saturated rings. The third-order valence-corrected chi connectivity index (χ3v) is 8.06. The summed E-state index contributed by atoms with van der Waals surface area (Å²) in [5.74, 6) is -0.405. The van der Waals surface area contributed by atoms with E-state index in [2.05, 4.69) is 32.2 Å². The second-order valence-electron chi connectivity index (χ2n) is 9.26. The van der Waals surface area contributed by atoms with Crippen molar-refractivity contribution in [3.63, 3.8) is 0 Å².